The maximum absolute atomic E-state index is 10.1. The van der Waals surface area contributed by atoms with Gasteiger partial charge < -0.3 is 19.1 Å². The van der Waals surface area contributed by atoms with Crippen LogP contribution in [-0.2, 0) is 13.5 Å². The number of aliphatic hydroxyl groups excluding tert-OH is 1. The van der Waals surface area contributed by atoms with Crippen LogP contribution in [0.25, 0.3) is 10.9 Å². The van der Waals surface area contributed by atoms with Crippen molar-refractivity contribution in [3.8, 4) is 11.5 Å². The van der Waals surface area contributed by atoms with Gasteiger partial charge in [-0.05, 0) is 48.4 Å². The lowest BCUT2D eigenvalue weighted by atomic mass is 10.2. The summed E-state index contributed by atoms with van der Waals surface area (Å²) in [4.78, 5) is 0. The zero-order valence-corrected chi connectivity index (χ0v) is 14.1. The molecule has 0 aliphatic rings. The normalized spacial score (nSPS) is 12.3. The number of benzene rings is 2. The highest BCUT2D eigenvalue weighted by molar-refractivity contribution is 5.81. The molecule has 1 atom stereocenters. The predicted octanol–water partition coefficient (Wildman–Crippen LogP) is 3.56. The minimum atomic E-state index is -0.679. The first-order valence-corrected chi connectivity index (χ1v) is 8.23. The third-order valence-corrected chi connectivity index (χ3v) is 4.05. The van der Waals surface area contributed by atoms with Crippen LogP contribution in [0.5, 0.6) is 11.5 Å². The lowest BCUT2D eigenvalue weighted by Gasteiger charge is -2.14. The van der Waals surface area contributed by atoms with E-state index in [9.17, 15) is 5.11 Å². The summed E-state index contributed by atoms with van der Waals surface area (Å²) in [7, 11) is 2.01. The summed E-state index contributed by atoms with van der Waals surface area (Å²) in [5.74, 6) is 1.53. The van der Waals surface area contributed by atoms with Crippen LogP contribution in [0.4, 0.5) is 0 Å². The molecule has 1 aromatic heterocycles. The average Bonchev–Trinajstić information content (AvgIpc) is 2.99. The SMILES string of the molecule is CCc1cccc(OCC(O)COc2ccc3c(ccn3C)c2)c1. The molecule has 24 heavy (non-hydrogen) atoms. The van der Waals surface area contributed by atoms with Crippen LogP contribution < -0.4 is 9.47 Å². The molecule has 1 heterocycles. The van der Waals surface area contributed by atoms with Gasteiger partial charge in [0.25, 0.3) is 0 Å². The Hall–Kier alpha value is -2.46. The molecule has 3 rings (SSSR count). The summed E-state index contributed by atoms with van der Waals surface area (Å²) in [6, 6.07) is 15.9. The zero-order valence-electron chi connectivity index (χ0n) is 14.1. The molecule has 0 saturated carbocycles. The molecule has 4 nitrogen and oxygen atoms in total. The zero-order chi connectivity index (χ0) is 16.9. The van der Waals surface area contributed by atoms with E-state index in [4.69, 9.17) is 9.47 Å². The first-order valence-electron chi connectivity index (χ1n) is 8.23. The Balaban J connectivity index is 1.51. The van der Waals surface area contributed by atoms with E-state index in [-0.39, 0.29) is 13.2 Å². The van der Waals surface area contributed by atoms with E-state index in [2.05, 4.69) is 17.6 Å². The molecule has 0 radical (unpaired) electrons. The average molecular weight is 325 g/mol. The van der Waals surface area contributed by atoms with Crippen LogP contribution in [-0.4, -0.2) is 29.0 Å². The van der Waals surface area contributed by atoms with Gasteiger partial charge in [0.2, 0.25) is 0 Å². The molecule has 3 aromatic rings. The van der Waals surface area contributed by atoms with Gasteiger partial charge >= 0.3 is 0 Å². The minimum Gasteiger partial charge on any atom is -0.491 e. The van der Waals surface area contributed by atoms with Crippen molar-refractivity contribution < 1.29 is 14.6 Å². The quantitative estimate of drug-likeness (QED) is 0.722. The van der Waals surface area contributed by atoms with Crippen molar-refractivity contribution in [2.45, 2.75) is 19.4 Å². The van der Waals surface area contributed by atoms with Crippen molar-refractivity contribution in [3.05, 3.63) is 60.3 Å². The lowest BCUT2D eigenvalue weighted by Crippen LogP contribution is -2.25. The maximum atomic E-state index is 10.1. The first-order chi connectivity index (χ1) is 11.7. The van der Waals surface area contributed by atoms with Gasteiger partial charge in [0.15, 0.2) is 0 Å². The van der Waals surface area contributed by atoms with E-state index >= 15 is 0 Å². The maximum Gasteiger partial charge on any atom is 0.122 e. The van der Waals surface area contributed by atoms with Crippen LogP contribution in [0, 0.1) is 0 Å². The molecule has 0 fully saturated rings. The van der Waals surface area contributed by atoms with Crippen LogP contribution in [0.3, 0.4) is 0 Å². The van der Waals surface area contributed by atoms with Crippen molar-refractivity contribution in [3.63, 3.8) is 0 Å². The summed E-state index contributed by atoms with van der Waals surface area (Å²) in [6.45, 7) is 2.51. The minimum absolute atomic E-state index is 0.200. The van der Waals surface area contributed by atoms with Gasteiger partial charge in [-0.15, -0.1) is 0 Å². The lowest BCUT2D eigenvalue weighted by molar-refractivity contribution is 0.0627. The fourth-order valence-corrected chi connectivity index (χ4v) is 2.64. The van der Waals surface area contributed by atoms with Crippen LogP contribution in [0.15, 0.2) is 54.7 Å². The molecular formula is C20H23NO3. The van der Waals surface area contributed by atoms with Crippen LogP contribution in [0.2, 0.25) is 0 Å². The van der Waals surface area contributed by atoms with Crippen molar-refractivity contribution in [2.24, 2.45) is 7.05 Å². The Labute approximate surface area is 142 Å². The van der Waals surface area contributed by atoms with Gasteiger partial charge in [-0.25, -0.2) is 0 Å². The second kappa shape index (κ2) is 7.41. The second-order valence-electron chi connectivity index (χ2n) is 5.92. The highest BCUT2D eigenvalue weighted by Gasteiger charge is 2.08. The Kier molecular flexibility index (Phi) is 5.06. The Morgan fingerprint density at radius 3 is 2.50 bits per heavy atom. The van der Waals surface area contributed by atoms with E-state index in [1.807, 2.05) is 55.7 Å². The van der Waals surface area contributed by atoms with Crippen molar-refractivity contribution in [2.75, 3.05) is 13.2 Å². The molecule has 1 unspecified atom stereocenters. The number of hydrogen-bond acceptors (Lipinski definition) is 3. The van der Waals surface area contributed by atoms with Gasteiger partial charge in [0.1, 0.15) is 30.8 Å². The topological polar surface area (TPSA) is 43.6 Å². The van der Waals surface area contributed by atoms with E-state index < -0.39 is 6.10 Å². The fourth-order valence-electron chi connectivity index (χ4n) is 2.64. The number of aliphatic hydroxyl groups is 1. The summed E-state index contributed by atoms with van der Waals surface area (Å²) in [5, 5.41) is 11.2. The number of rotatable bonds is 7. The first kappa shape index (κ1) is 16.4. The summed E-state index contributed by atoms with van der Waals surface area (Å²) >= 11 is 0. The molecule has 4 heteroatoms. The standard InChI is InChI=1S/C20H23NO3/c1-3-15-5-4-6-18(11-15)23-13-17(22)14-24-19-7-8-20-16(12-19)9-10-21(20)2/h4-12,17,22H,3,13-14H2,1-2H3. The highest BCUT2D eigenvalue weighted by atomic mass is 16.5. The number of aryl methyl sites for hydroxylation is 2. The van der Waals surface area contributed by atoms with Crippen molar-refractivity contribution in [1.29, 1.82) is 0 Å². The van der Waals surface area contributed by atoms with Crippen molar-refractivity contribution >= 4 is 10.9 Å². The molecule has 0 aliphatic carbocycles. The number of hydrogen-bond donors (Lipinski definition) is 1. The van der Waals surface area contributed by atoms with Gasteiger partial charge in [0.05, 0.1) is 0 Å². The number of ether oxygens (including phenoxy) is 2. The number of fused-ring (bicyclic) bond motifs is 1. The molecule has 126 valence electrons. The molecule has 2 aromatic carbocycles. The molecule has 0 amide bonds. The Bertz CT molecular complexity index is 810. The fraction of sp³-hybridized carbons (Fsp3) is 0.300. The number of aromatic nitrogens is 1. The highest BCUT2D eigenvalue weighted by Crippen LogP contribution is 2.21. The van der Waals surface area contributed by atoms with Gasteiger partial charge in [-0.3, -0.25) is 0 Å². The van der Waals surface area contributed by atoms with Crippen LogP contribution in [0.1, 0.15) is 12.5 Å². The second-order valence-corrected chi connectivity index (χ2v) is 5.92. The van der Waals surface area contributed by atoms with E-state index in [1.165, 1.54) is 5.56 Å². The summed E-state index contributed by atoms with van der Waals surface area (Å²) < 4.78 is 13.4. The third kappa shape index (κ3) is 3.89. The van der Waals surface area contributed by atoms with Crippen molar-refractivity contribution in [1.82, 2.24) is 4.57 Å². The molecule has 0 aliphatic heterocycles. The molecule has 0 saturated heterocycles. The van der Waals surface area contributed by atoms with Gasteiger partial charge in [-0.2, -0.15) is 0 Å². The van der Waals surface area contributed by atoms with E-state index in [0.29, 0.717) is 0 Å². The summed E-state index contributed by atoms with van der Waals surface area (Å²) in [6.07, 6.45) is 2.30. The monoisotopic (exact) mass is 325 g/mol. The molecule has 1 N–H and O–H groups in total. The Morgan fingerprint density at radius 2 is 1.75 bits per heavy atom. The smallest absolute Gasteiger partial charge is 0.122 e. The van der Waals surface area contributed by atoms with Gasteiger partial charge in [-0.1, -0.05) is 19.1 Å². The van der Waals surface area contributed by atoms with Gasteiger partial charge in [0, 0.05) is 24.1 Å². The molecule has 0 bridgehead atoms. The third-order valence-electron chi connectivity index (χ3n) is 4.05. The molecular weight excluding hydrogens is 302 g/mol. The Morgan fingerprint density at radius 1 is 1.00 bits per heavy atom. The molecule has 0 spiro atoms. The van der Waals surface area contributed by atoms with E-state index in [0.717, 1.165) is 28.8 Å². The van der Waals surface area contributed by atoms with E-state index in [1.54, 1.807) is 0 Å². The summed E-state index contributed by atoms with van der Waals surface area (Å²) in [5.41, 5.74) is 2.37. The number of nitrogens with zero attached hydrogens (tertiary/aromatic N) is 1. The van der Waals surface area contributed by atoms with Crippen LogP contribution >= 0.6 is 0 Å². The largest absolute Gasteiger partial charge is 0.491 e. The predicted molar refractivity (Wildman–Crippen MR) is 95.7 cm³/mol.